The van der Waals surface area contributed by atoms with Crippen LogP contribution in [0.5, 0.6) is 0 Å². The standard InChI is InChI=1S/C14H11BrO4S/c15-11-5-3-4-10(8-11)9-20(18,19)13-7-2-1-6-12(13)14(16)17/h1-8H,9H2,(H,16,17). The molecule has 0 atom stereocenters. The molecule has 0 aliphatic carbocycles. The Morgan fingerprint density at radius 3 is 2.45 bits per heavy atom. The lowest BCUT2D eigenvalue weighted by Gasteiger charge is -2.08. The van der Waals surface area contributed by atoms with Gasteiger partial charge in [0.2, 0.25) is 0 Å². The lowest BCUT2D eigenvalue weighted by molar-refractivity contribution is 0.0692. The van der Waals surface area contributed by atoms with E-state index in [0.29, 0.717) is 5.56 Å². The summed E-state index contributed by atoms with van der Waals surface area (Å²) in [5.41, 5.74) is 0.391. The van der Waals surface area contributed by atoms with Gasteiger partial charge in [-0.05, 0) is 29.8 Å². The molecule has 0 aliphatic rings. The monoisotopic (exact) mass is 354 g/mol. The number of sulfone groups is 1. The van der Waals surface area contributed by atoms with Crippen molar-refractivity contribution in [3.05, 3.63) is 64.1 Å². The number of carbonyl (C=O) groups is 1. The van der Waals surface area contributed by atoms with Crippen molar-refractivity contribution in [3.8, 4) is 0 Å². The Bertz CT molecular complexity index is 753. The van der Waals surface area contributed by atoms with Gasteiger partial charge in [0.15, 0.2) is 9.84 Å². The van der Waals surface area contributed by atoms with E-state index in [-0.39, 0.29) is 16.2 Å². The van der Waals surface area contributed by atoms with Crippen LogP contribution >= 0.6 is 15.9 Å². The molecule has 0 aliphatic heterocycles. The molecule has 0 aromatic heterocycles. The third kappa shape index (κ3) is 3.26. The zero-order valence-corrected chi connectivity index (χ0v) is 12.7. The van der Waals surface area contributed by atoms with Gasteiger partial charge in [-0.15, -0.1) is 0 Å². The van der Waals surface area contributed by atoms with Gasteiger partial charge >= 0.3 is 5.97 Å². The van der Waals surface area contributed by atoms with Gasteiger partial charge in [-0.25, -0.2) is 13.2 Å². The van der Waals surface area contributed by atoms with Crippen LogP contribution in [-0.4, -0.2) is 19.5 Å². The van der Waals surface area contributed by atoms with E-state index in [1.165, 1.54) is 24.3 Å². The van der Waals surface area contributed by atoms with Crippen LogP contribution in [0.2, 0.25) is 0 Å². The van der Waals surface area contributed by atoms with Gasteiger partial charge in [-0.3, -0.25) is 0 Å². The third-order valence-electron chi connectivity index (χ3n) is 2.70. The van der Waals surface area contributed by atoms with Crippen LogP contribution in [0.4, 0.5) is 0 Å². The summed E-state index contributed by atoms with van der Waals surface area (Å²) in [6.45, 7) is 0. The van der Waals surface area contributed by atoms with Gasteiger partial charge in [0.25, 0.3) is 0 Å². The average Bonchev–Trinajstić information content (AvgIpc) is 2.38. The largest absolute Gasteiger partial charge is 0.478 e. The van der Waals surface area contributed by atoms with E-state index in [1.54, 1.807) is 24.3 Å². The van der Waals surface area contributed by atoms with E-state index in [9.17, 15) is 13.2 Å². The second-order valence-electron chi connectivity index (χ2n) is 4.19. The van der Waals surface area contributed by atoms with E-state index in [4.69, 9.17) is 5.11 Å². The second kappa shape index (κ2) is 5.76. The molecule has 0 unspecified atom stereocenters. The highest BCUT2D eigenvalue weighted by atomic mass is 79.9. The fourth-order valence-corrected chi connectivity index (χ4v) is 3.84. The van der Waals surface area contributed by atoms with Gasteiger partial charge in [-0.2, -0.15) is 0 Å². The Morgan fingerprint density at radius 2 is 1.80 bits per heavy atom. The summed E-state index contributed by atoms with van der Waals surface area (Å²) in [7, 11) is -3.71. The van der Waals surface area contributed by atoms with Crippen molar-refractivity contribution in [2.24, 2.45) is 0 Å². The maximum Gasteiger partial charge on any atom is 0.337 e. The van der Waals surface area contributed by atoms with Crippen molar-refractivity contribution in [1.82, 2.24) is 0 Å². The highest BCUT2D eigenvalue weighted by molar-refractivity contribution is 9.10. The molecule has 0 amide bonds. The first-order valence-electron chi connectivity index (χ1n) is 5.70. The quantitative estimate of drug-likeness (QED) is 0.915. The number of hydrogen-bond donors (Lipinski definition) is 1. The second-order valence-corrected chi connectivity index (χ2v) is 7.06. The molecule has 2 rings (SSSR count). The highest BCUT2D eigenvalue weighted by Crippen LogP contribution is 2.22. The van der Waals surface area contributed by atoms with Crippen molar-refractivity contribution in [3.63, 3.8) is 0 Å². The summed E-state index contributed by atoms with van der Waals surface area (Å²) < 4.78 is 25.5. The van der Waals surface area contributed by atoms with Crippen LogP contribution in [0.15, 0.2) is 57.9 Å². The van der Waals surface area contributed by atoms with Gasteiger partial charge < -0.3 is 5.11 Å². The van der Waals surface area contributed by atoms with Gasteiger partial charge in [0.1, 0.15) is 0 Å². The number of carboxylic acids is 1. The Labute approximate surface area is 125 Å². The summed E-state index contributed by atoms with van der Waals surface area (Å²) in [5.74, 6) is -1.49. The Hall–Kier alpha value is -1.66. The van der Waals surface area contributed by atoms with E-state index >= 15 is 0 Å². The minimum Gasteiger partial charge on any atom is -0.478 e. The molecule has 20 heavy (non-hydrogen) atoms. The molecular formula is C14H11BrO4S. The molecular weight excluding hydrogens is 344 g/mol. The molecule has 4 nitrogen and oxygen atoms in total. The molecule has 1 N–H and O–H groups in total. The zero-order chi connectivity index (χ0) is 14.8. The van der Waals surface area contributed by atoms with E-state index in [1.807, 2.05) is 0 Å². The minimum atomic E-state index is -3.71. The summed E-state index contributed by atoms with van der Waals surface area (Å²) in [4.78, 5) is 10.9. The predicted octanol–water partition coefficient (Wildman–Crippen LogP) is 3.12. The maximum absolute atomic E-state index is 12.4. The molecule has 0 spiro atoms. The first kappa shape index (κ1) is 14.7. The van der Waals surface area contributed by atoms with E-state index in [0.717, 1.165) is 4.47 Å². The summed E-state index contributed by atoms with van der Waals surface area (Å²) >= 11 is 3.27. The Morgan fingerprint density at radius 1 is 1.10 bits per heavy atom. The van der Waals surface area contributed by atoms with Crippen LogP contribution in [0.1, 0.15) is 15.9 Å². The summed E-state index contributed by atoms with van der Waals surface area (Å²) in [6, 6.07) is 12.5. The van der Waals surface area contributed by atoms with Gasteiger partial charge in [0, 0.05) is 4.47 Å². The Balaban J connectivity index is 2.44. The number of halogens is 1. The first-order chi connectivity index (χ1) is 9.40. The molecule has 0 saturated heterocycles. The van der Waals surface area contributed by atoms with Crippen molar-refractivity contribution < 1.29 is 18.3 Å². The average molecular weight is 355 g/mol. The van der Waals surface area contributed by atoms with Crippen LogP contribution < -0.4 is 0 Å². The van der Waals surface area contributed by atoms with Crippen LogP contribution in [0, 0.1) is 0 Å². The van der Waals surface area contributed by atoms with Crippen LogP contribution in [-0.2, 0) is 15.6 Å². The minimum absolute atomic E-state index is 0.160. The lowest BCUT2D eigenvalue weighted by Crippen LogP contribution is -2.11. The van der Waals surface area contributed by atoms with Crippen molar-refractivity contribution in [1.29, 1.82) is 0 Å². The molecule has 104 valence electrons. The molecule has 6 heteroatoms. The number of carboxylic acid groups (broad SMARTS) is 1. The van der Waals surface area contributed by atoms with Crippen LogP contribution in [0.3, 0.4) is 0 Å². The molecule has 0 fully saturated rings. The van der Waals surface area contributed by atoms with Crippen molar-refractivity contribution in [2.75, 3.05) is 0 Å². The molecule has 0 radical (unpaired) electrons. The van der Waals surface area contributed by atoms with E-state index < -0.39 is 15.8 Å². The molecule has 0 heterocycles. The summed E-state index contributed by atoms with van der Waals surface area (Å²) in [6.07, 6.45) is 0. The molecule has 2 aromatic carbocycles. The molecule has 0 saturated carbocycles. The predicted molar refractivity (Wildman–Crippen MR) is 78.4 cm³/mol. The maximum atomic E-state index is 12.4. The van der Waals surface area contributed by atoms with Gasteiger partial charge in [-0.1, -0.05) is 40.2 Å². The van der Waals surface area contributed by atoms with Crippen molar-refractivity contribution in [2.45, 2.75) is 10.6 Å². The van der Waals surface area contributed by atoms with Crippen LogP contribution in [0.25, 0.3) is 0 Å². The number of hydrogen-bond acceptors (Lipinski definition) is 3. The zero-order valence-electron chi connectivity index (χ0n) is 10.3. The molecule has 2 aromatic rings. The SMILES string of the molecule is O=C(O)c1ccccc1S(=O)(=O)Cc1cccc(Br)c1. The lowest BCUT2D eigenvalue weighted by atomic mass is 10.2. The number of benzene rings is 2. The van der Waals surface area contributed by atoms with Crippen molar-refractivity contribution >= 4 is 31.7 Å². The number of aromatic carboxylic acids is 1. The fraction of sp³-hybridized carbons (Fsp3) is 0.0714. The summed E-state index contributed by atoms with van der Waals surface area (Å²) in [5, 5.41) is 9.07. The van der Waals surface area contributed by atoms with E-state index in [2.05, 4.69) is 15.9 Å². The topological polar surface area (TPSA) is 71.4 Å². The molecule has 0 bridgehead atoms. The fourth-order valence-electron chi connectivity index (χ4n) is 1.84. The van der Waals surface area contributed by atoms with Gasteiger partial charge in [0.05, 0.1) is 16.2 Å². The number of rotatable bonds is 4. The smallest absolute Gasteiger partial charge is 0.337 e. The first-order valence-corrected chi connectivity index (χ1v) is 8.14. The third-order valence-corrected chi connectivity index (χ3v) is 4.93. The highest BCUT2D eigenvalue weighted by Gasteiger charge is 2.22. The normalized spacial score (nSPS) is 11.2. The Kier molecular flexibility index (Phi) is 4.25.